The van der Waals surface area contributed by atoms with Gasteiger partial charge < -0.3 is 0 Å². The smallest absolute Gasteiger partial charge is 0.270 e. The number of nitro groups is 1. The molecular formula is C19H11N5O2S. The summed E-state index contributed by atoms with van der Waals surface area (Å²) >= 11 is 1.44. The highest BCUT2D eigenvalue weighted by molar-refractivity contribution is 7.19. The molecular weight excluding hydrogens is 362 g/mol. The summed E-state index contributed by atoms with van der Waals surface area (Å²) in [5, 5.41) is 28.1. The first-order valence-corrected chi connectivity index (χ1v) is 8.73. The number of aromatic nitrogens is 3. The largest absolute Gasteiger partial charge is 0.277 e. The molecule has 2 aromatic carbocycles. The van der Waals surface area contributed by atoms with Crippen molar-refractivity contribution >= 4 is 38.9 Å². The predicted molar refractivity (Wildman–Crippen MR) is 104 cm³/mol. The molecule has 0 amide bonds. The average Bonchev–Trinajstić information content (AvgIpc) is 3.32. The van der Waals surface area contributed by atoms with Crippen LogP contribution in [0.4, 0.5) is 5.69 Å². The van der Waals surface area contributed by atoms with Crippen molar-refractivity contribution in [1.82, 2.24) is 15.2 Å². The summed E-state index contributed by atoms with van der Waals surface area (Å²) in [6.45, 7) is 0. The highest BCUT2D eigenvalue weighted by atomic mass is 32.1. The van der Waals surface area contributed by atoms with E-state index in [-0.39, 0.29) is 5.69 Å². The van der Waals surface area contributed by atoms with Crippen LogP contribution in [-0.2, 0) is 0 Å². The summed E-state index contributed by atoms with van der Waals surface area (Å²) in [6, 6.07) is 16.1. The standard InChI is InChI=1S/C19H11N5O2S/c20-10-13(19-22-16-6-1-2-7-17(16)27-19)8-14-11-21-23-18(14)12-4-3-5-15(9-12)24(25)26/h1-9,11H,(H,21,23). The Morgan fingerprint density at radius 3 is 2.89 bits per heavy atom. The third-order valence-corrected chi connectivity index (χ3v) is 5.03. The van der Waals surface area contributed by atoms with Crippen LogP contribution in [0.25, 0.3) is 33.1 Å². The molecule has 0 atom stereocenters. The molecule has 2 aromatic heterocycles. The number of hydrogen-bond donors (Lipinski definition) is 1. The van der Waals surface area contributed by atoms with Crippen LogP contribution in [0.1, 0.15) is 10.6 Å². The second-order valence-electron chi connectivity index (χ2n) is 5.66. The second-order valence-corrected chi connectivity index (χ2v) is 6.69. The highest BCUT2D eigenvalue weighted by Crippen LogP contribution is 2.31. The highest BCUT2D eigenvalue weighted by Gasteiger charge is 2.14. The number of para-hydroxylation sites is 1. The number of benzene rings is 2. The molecule has 7 nitrogen and oxygen atoms in total. The third-order valence-electron chi connectivity index (χ3n) is 3.96. The molecule has 0 aliphatic rings. The van der Waals surface area contributed by atoms with Crippen LogP contribution in [0, 0.1) is 21.4 Å². The van der Waals surface area contributed by atoms with Gasteiger partial charge in [-0.2, -0.15) is 10.4 Å². The summed E-state index contributed by atoms with van der Waals surface area (Å²) < 4.78 is 1.000. The summed E-state index contributed by atoms with van der Waals surface area (Å²) in [5.74, 6) is 0. The Bertz CT molecular complexity index is 1200. The molecule has 0 unspecified atom stereocenters. The molecule has 27 heavy (non-hydrogen) atoms. The van der Waals surface area contributed by atoms with Crippen molar-refractivity contribution in [2.24, 2.45) is 0 Å². The zero-order chi connectivity index (χ0) is 18.8. The van der Waals surface area contributed by atoms with Gasteiger partial charge in [0.2, 0.25) is 0 Å². The van der Waals surface area contributed by atoms with Gasteiger partial charge in [0, 0.05) is 23.3 Å². The zero-order valence-corrected chi connectivity index (χ0v) is 14.6. The van der Waals surface area contributed by atoms with Crippen molar-refractivity contribution in [3.63, 3.8) is 0 Å². The summed E-state index contributed by atoms with van der Waals surface area (Å²) in [6.07, 6.45) is 3.27. The fraction of sp³-hybridized carbons (Fsp3) is 0. The monoisotopic (exact) mass is 373 g/mol. The maximum absolute atomic E-state index is 11.0. The molecule has 4 aromatic rings. The number of nitro benzene ring substituents is 1. The van der Waals surface area contributed by atoms with Gasteiger partial charge in [-0.15, -0.1) is 11.3 Å². The van der Waals surface area contributed by atoms with Crippen LogP contribution >= 0.6 is 11.3 Å². The number of thiazole rings is 1. The fourth-order valence-corrected chi connectivity index (χ4v) is 3.63. The van der Waals surface area contributed by atoms with Gasteiger partial charge in [-0.25, -0.2) is 4.98 Å². The Hall–Kier alpha value is -3.83. The molecule has 0 fully saturated rings. The number of allylic oxidation sites excluding steroid dienone is 1. The Labute approximate surface area is 157 Å². The molecule has 0 saturated heterocycles. The molecule has 0 saturated carbocycles. The van der Waals surface area contributed by atoms with E-state index in [9.17, 15) is 15.4 Å². The van der Waals surface area contributed by atoms with E-state index >= 15 is 0 Å². The molecule has 0 aliphatic heterocycles. The third kappa shape index (κ3) is 3.19. The molecule has 4 rings (SSSR count). The van der Waals surface area contributed by atoms with E-state index in [1.807, 2.05) is 24.3 Å². The Kier molecular flexibility index (Phi) is 4.20. The number of fused-ring (bicyclic) bond motifs is 1. The molecule has 130 valence electrons. The molecule has 0 aliphatic carbocycles. The summed E-state index contributed by atoms with van der Waals surface area (Å²) in [4.78, 5) is 15.1. The van der Waals surface area contributed by atoms with Crippen molar-refractivity contribution in [3.05, 3.63) is 75.4 Å². The summed E-state index contributed by atoms with van der Waals surface area (Å²) in [5.41, 5.74) is 3.12. The van der Waals surface area contributed by atoms with Crippen molar-refractivity contribution in [2.45, 2.75) is 0 Å². The lowest BCUT2D eigenvalue weighted by molar-refractivity contribution is -0.384. The number of nitrogens with one attached hydrogen (secondary N) is 1. The first-order chi connectivity index (χ1) is 13.2. The number of hydrogen-bond acceptors (Lipinski definition) is 6. The number of aromatic amines is 1. The second kappa shape index (κ2) is 6.82. The first-order valence-electron chi connectivity index (χ1n) is 7.91. The van der Waals surface area contributed by atoms with Crippen molar-refractivity contribution < 1.29 is 4.92 Å². The van der Waals surface area contributed by atoms with Crippen LogP contribution in [0.2, 0.25) is 0 Å². The maximum Gasteiger partial charge on any atom is 0.270 e. The predicted octanol–water partition coefficient (Wildman–Crippen LogP) is 4.66. The molecule has 0 bridgehead atoms. The van der Waals surface area contributed by atoms with Gasteiger partial charge in [0.1, 0.15) is 11.1 Å². The van der Waals surface area contributed by atoms with Gasteiger partial charge in [0.05, 0.1) is 32.6 Å². The quantitative estimate of drug-likeness (QED) is 0.318. The lowest BCUT2D eigenvalue weighted by Crippen LogP contribution is -1.89. The topological polar surface area (TPSA) is 108 Å². The molecule has 2 heterocycles. The van der Waals surface area contributed by atoms with E-state index < -0.39 is 4.92 Å². The van der Waals surface area contributed by atoms with E-state index in [2.05, 4.69) is 21.3 Å². The van der Waals surface area contributed by atoms with Gasteiger partial charge in [0.15, 0.2) is 0 Å². The zero-order valence-electron chi connectivity index (χ0n) is 13.8. The Morgan fingerprint density at radius 2 is 2.11 bits per heavy atom. The molecule has 8 heteroatoms. The number of H-pyrrole nitrogens is 1. The number of non-ortho nitro benzene ring substituents is 1. The van der Waals surface area contributed by atoms with Gasteiger partial charge >= 0.3 is 0 Å². The van der Waals surface area contributed by atoms with Gasteiger partial charge in [0.25, 0.3) is 5.69 Å². The van der Waals surface area contributed by atoms with Crippen LogP contribution in [-0.4, -0.2) is 20.1 Å². The lowest BCUT2D eigenvalue weighted by Gasteiger charge is -2.01. The van der Waals surface area contributed by atoms with Gasteiger partial charge in [-0.1, -0.05) is 24.3 Å². The van der Waals surface area contributed by atoms with Crippen LogP contribution < -0.4 is 0 Å². The van der Waals surface area contributed by atoms with Crippen LogP contribution in [0.5, 0.6) is 0 Å². The molecule has 1 N–H and O–H groups in total. The fourth-order valence-electron chi connectivity index (χ4n) is 2.70. The minimum Gasteiger partial charge on any atom is -0.277 e. The van der Waals surface area contributed by atoms with Crippen molar-refractivity contribution in [2.75, 3.05) is 0 Å². The number of rotatable bonds is 4. The first kappa shape index (κ1) is 16.6. The SMILES string of the molecule is N#CC(=Cc1cn[nH]c1-c1cccc([N+](=O)[O-])c1)c1nc2ccccc2s1. The molecule has 0 radical (unpaired) electrons. The normalized spacial score (nSPS) is 11.4. The maximum atomic E-state index is 11.0. The van der Waals surface area contributed by atoms with Crippen molar-refractivity contribution in [3.8, 4) is 17.3 Å². The van der Waals surface area contributed by atoms with E-state index in [4.69, 9.17) is 0 Å². The lowest BCUT2D eigenvalue weighted by atomic mass is 10.1. The van der Waals surface area contributed by atoms with E-state index in [0.717, 1.165) is 10.2 Å². The number of nitriles is 1. The van der Waals surface area contributed by atoms with E-state index in [1.54, 1.807) is 24.4 Å². The molecule has 0 spiro atoms. The van der Waals surface area contributed by atoms with Gasteiger partial charge in [-0.3, -0.25) is 15.2 Å². The average molecular weight is 373 g/mol. The number of nitrogens with zero attached hydrogens (tertiary/aromatic N) is 4. The van der Waals surface area contributed by atoms with Gasteiger partial charge in [-0.05, 0) is 18.2 Å². The summed E-state index contributed by atoms with van der Waals surface area (Å²) in [7, 11) is 0. The van der Waals surface area contributed by atoms with E-state index in [0.29, 0.717) is 27.4 Å². The minimum absolute atomic E-state index is 0.0105. The van der Waals surface area contributed by atoms with Crippen molar-refractivity contribution in [1.29, 1.82) is 5.26 Å². The van der Waals surface area contributed by atoms with E-state index in [1.165, 1.54) is 23.5 Å². The Balaban J connectivity index is 1.78. The Morgan fingerprint density at radius 1 is 1.26 bits per heavy atom. The minimum atomic E-state index is -0.447. The van der Waals surface area contributed by atoms with Crippen LogP contribution in [0.15, 0.2) is 54.7 Å². The van der Waals surface area contributed by atoms with Crippen LogP contribution in [0.3, 0.4) is 0 Å².